The average molecular weight is 408 g/mol. The van der Waals surface area contributed by atoms with Crippen LogP contribution in [0.4, 0.5) is 0 Å². The lowest BCUT2D eigenvalue weighted by molar-refractivity contribution is -0.143. The number of amides is 3. The molecule has 0 aliphatic carbocycles. The lowest BCUT2D eigenvalue weighted by atomic mass is 10.0. The fourth-order valence-electron chi connectivity index (χ4n) is 2.43. The highest BCUT2D eigenvalue weighted by Gasteiger charge is 2.28. The van der Waals surface area contributed by atoms with Gasteiger partial charge >= 0.3 is 11.9 Å². The first-order valence-corrected chi connectivity index (χ1v) is 8.73. The Morgan fingerprint density at radius 1 is 0.931 bits per heavy atom. The Bertz CT molecular complexity index is 754. The quantitative estimate of drug-likeness (QED) is 0.236. The first kappa shape index (κ1) is 23.6. The lowest BCUT2D eigenvalue weighted by Crippen LogP contribution is -2.55. The Morgan fingerprint density at radius 3 is 2.03 bits per heavy atom. The molecular formula is C18H24N4O7. The standard InChI is InChI=1S/C18H24N4O7/c19-11(9-15(24)25)16(26)22-13(8-10-4-2-1-3-5-10)17(27)21-12(18(28)29)6-7-14(20)23/h1-5,11-13H,6-9,19H2,(H2,20,23)(H,21,27)(H,22,26)(H,24,25)(H,28,29)/t11-,12-,13-/m0/s1. The van der Waals surface area contributed by atoms with E-state index in [-0.39, 0.29) is 19.3 Å². The Kier molecular flexibility index (Phi) is 9.26. The van der Waals surface area contributed by atoms with Crippen molar-refractivity contribution in [3.63, 3.8) is 0 Å². The smallest absolute Gasteiger partial charge is 0.326 e. The van der Waals surface area contributed by atoms with Crippen LogP contribution in [0.3, 0.4) is 0 Å². The van der Waals surface area contributed by atoms with Crippen LogP contribution in [0.5, 0.6) is 0 Å². The number of nitrogens with one attached hydrogen (secondary N) is 2. The van der Waals surface area contributed by atoms with Crippen molar-refractivity contribution in [2.24, 2.45) is 11.5 Å². The molecule has 11 heteroatoms. The van der Waals surface area contributed by atoms with Gasteiger partial charge in [0.15, 0.2) is 0 Å². The van der Waals surface area contributed by atoms with Crippen molar-refractivity contribution in [1.82, 2.24) is 10.6 Å². The van der Waals surface area contributed by atoms with Gasteiger partial charge in [0.05, 0.1) is 12.5 Å². The van der Waals surface area contributed by atoms with E-state index in [1.165, 1.54) is 0 Å². The summed E-state index contributed by atoms with van der Waals surface area (Å²) >= 11 is 0. The summed E-state index contributed by atoms with van der Waals surface area (Å²) in [5.41, 5.74) is 11.2. The van der Waals surface area contributed by atoms with Crippen LogP contribution in [0.2, 0.25) is 0 Å². The van der Waals surface area contributed by atoms with E-state index >= 15 is 0 Å². The fraction of sp³-hybridized carbons (Fsp3) is 0.389. The summed E-state index contributed by atoms with van der Waals surface area (Å²) in [6, 6.07) is 4.60. The molecule has 0 aromatic heterocycles. The molecule has 29 heavy (non-hydrogen) atoms. The van der Waals surface area contributed by atoms with Gasteiger partial charge in [-0.05, 0) is 12.0 Å². The number of nitrogens with two attached hydrogens (primary N) is 2. The van der Waals surface area contributed by atoms with Crippen LogP contribution in [0, 0.1) is 0 Å². The minimum atomic E-state index is -1.39. The first-order valence-electron chi connectivity index (χ1n) is 8.73. The Labute approximate surface area is 166 Å². The number of carbonyl (C=O) groups excluding carboxylic acids is 3. The monoisotopic (exact) mass is 408 g/mol. The number of hydrogen-bond acceptors (Lipinski definition) is 6. The maximum Gasteiger partial charge on any atom is 0.326 e. The average Bonchev–Trinajstić information content (AvgIpc) is 2.64. The molecule has 0 unspecified atom stereocenters. The number of hydrogen-bond donors (Lipinski definition) is 6. The molecule has 0 spiro atoms. The fourth-order valence-corrected chi connectivity index (χ4v) is 2.43. The number of aliphatic carboxylic acids is 2. The number of carbonyl (C=O) groups is 5. The van der Waals surface area contributed by atoms with Crippen LogP contribution < -0.4 is 22.1 Å². The summed E-state index contributed by atoms with van der Waals surface area (Å²) in [4.78, 5) is 57.8. The highest BCUT2D eigenvalue weighted by molar-refractivity contribution is 5.93. The zero-order valence-corrected chi connectivity index (χ0v) is 15.5. The normalized spacial score (nSPS) is 13.6. The second-order valence-electron chi connectivity index (χ2n) is 6.36. The van der Waals surface area contributed by atoms with Gasteiger partial charge in [0, 0.05) is 12.8 Å². The largest absolute Gasteiger partial charge is 0.481 e. The second-order valence-corrected chi connectivity index (χ2v) is 6.36. The van der Waals surface area contributed by atoms with Crippen molar-refractivity contribution in [2.45, 2.75) is 43.8 Å². The molecule has 0 saturated carbocycles. The van der Waals surface area contributed by atoms with Crippen molar-refractivity contribution in [1.29, 1.82) is 0 Å². The van der Waals surface area contributed by atoms with E-state index in [0.717, 1.165) is 0 Å². The van der Waals surface area contributed by atoms with Gasteiger partial charge in [-0.1, -0.05) is 30.3 Å². The van der Waals surface area contributed by atoms with Crippen LogP contribution in [-0.4, -0.2) is 58.0 Å². The molecule has 0 bridgehead atoms. The van der Waals surface area contributed by atoms with Gasteiger partial charge in [0.2, 0.25) is 17.7 Å². The molecule has 1 rings (SSSR count). The highest BCUT2D eigenvalue weighted by atomic mass is 16.4. The summed E-state index contributed by atoms with van der Waals surface area (Å²) in [5.74, 6) is -5.06. The van der Waals surface area contributed by atoms with Crippen LogP contribution >= 0.6 is 0 Å². The third kappa shape index (κ3) is 8.84. The molecule has 11 nitrogen and oxygen atoms in total. The molecule has 158 valence electrons. The highest BCUT2D eigenvalue weighted by Crippen LogP contribution is 2.06. The maximum absolute atomic E-state index is 12.6. The van der Waals surface area contributed by atoms with Gasteiger partial charge in [0.25, 0.3) is 0 Å². The zero-order chi connectivity index (χ0) is 22.0. The van der Waals surface area contributed by atoms with E-state index in [0.29, 0.717) is 5.56 Å². The Balaban J connectivity index is 2.94. The number of carboxylic acids is 2. The van der Waals surface area contributed by atoms with E-state index in [9.17, 15) is 29.1 Å². The minimum Gasteiger partial charge on any atom is -0.481 e. The summed E-state index contributed by atoms with van der Waals surface area (Å²) < 4.78 is 0. The third-order valence-electron chi connectivity index (χ3n) is 3.94. The van der Waals surface area contributed by atoms with Crippen LogP contribution in [0.25, 0.3) is 0 Å². The first-order chi connectivity index (χ1) is 13.6. The van der Waals surface area contributed by atoms with Gasteiger partial charge in [-0.25, -0.2) is 4.79 Å². The van der Waals surface area contributed by atoms with Crippen LogP contribution in [0.1, 0.15) is 24.8 Å². The molecule has 8 N–H and O–H groups in total. The molecule has 0 radical (unpaired) electrons. The molecule has 0 saturated heterocycles. The number of primary amides is 1. The van der Waals surface area contributed by atoms with E-state index in [1.807, 2.05) is 0 Å². The molecule has 3 atom stereocenters. The van der Waals surface area contributed by atoms with Gasteiger partial charge in [-0.2, -0.15) is 0 Å². The summed E-state index contributed by atoms with van der Waals surface area (Å²) in [6.45, 7) is 0. The molecular weight excluding hydrogens is 384 g/mol. The number of benzene rings is 1. The summed E-state index contributed by atoms with van der Waals surface area (Å²) in [6.07, 6.45) is -1.10. The molecule has 0 aliphatic heterocycles. The molecule has 1 aromatic rings. The van der Waals surface area contributed by atoms with Gasteiger partial charge in [0.1, 0.15) is 12.1 Å². The van der Waals surface area contributed by atoms with Gasteiger partial charge < -0.3 is 32.3 Å². The molecule has 1 aromatic carbocycles. The molecule has 0 fully saturated rings. The van der Waals surface area contributed by atoms with Crippen LogP contribution in [0.15, 0.2) is 30.3 Å². The predicted molar refractivity (Wildman–Crippen MR) is 100 cm³/mol. The summed E-state index contributed by atoms with van der Waals surface area (Å²) in [5, 5.41) is 22.6. The zero-order valence-electron chi connectivity index (χ0n) is 15.5. The number of carboxylic acid groups (broad SMARTS) is 2. The van der Waals surface area contributed by atoms with Crippen molar-refractivity contribution in [3.8, 4) is 0 Å². The lowest BCUT2D eigenvalue weighted by Gasteiger charge is -2.22. The Morgan fingerprint density at radius 2 is 1.52 bits per heavy atom. The molecule has 0 heterocycles. The SMILES string of the molecule is NC(=O)CC[C@H](NC(=O)[C@H](Cc1ccccc1)NC(=O)[C@@H](N)CC(=O)O)C(=O)O. The van der Waals surface area contributed by atoms with Crippen molar-refractivity contribution in [3.05, 3.63) is 35.9 Å². The van der Waals surface area contributed by atoms with Crippen molar-refractivity contribution in [2.75, 3.05) is 0 Å². The van der Waals surface area contributed by atoms with Crippen molar-refractivity contribution < 1.29 is 34.2 Å². The molecule has 3 amide bonds. The van der Waals surface area contributed by atoms with Crippen LogP contribution in [-0.2, 0) is 30.4 Å². The topological polar surface area (TPSA) is 202 Å². The van der Waals surface area contributed by atoms with E-state index < -0.39 is 54.2 Å². The van der Waals surface area contributed by atoms with Gasteiger partial charge in [-0.3, -0.25) is 19.2 Å². The number of rotatable bonds is 12. The maximum atomic E-state index is 12.6. The predicted octanol–water partition coefficient (Wildman–Crippen LogP) is -1.65. The summed E-state index contributed by atoms with van der Waals surface area (Å²) in [7, 11) is 0. The second kappa shape index (κ2) is 11.4. The van der Waals surface area contributed by atoms with E-state index in [2.05, 4.69) is 10.6 Å². The Hall–Kier alpha value is -3.47. The minimum absolute atomic E-state index is 0.0142. The van der Waals surface area contributed by atoms with E-state index in [1.54, 1.807) is 30.3 Å². The third-order valence-corrected chi connectivity index (χ3v) is 3.94. The van der Waals surface area contributed by atoms with E-state index in [4.69, 9.17) is 16.6 Å². The molecule has 0 aliphatic rings. The van der Waals surface area contributed by atoms with Crippen molar-refractivity contribution >= 4 is 29.7 Å². The van der Waals surface area contributed by atoms with Gasteiger partial charge in [-0.15, -0.1) is 0 Å².